The van der Waals surface area contributed by atoms with Gasteiger partial charge in [-0.1, -0.05) is 12.1 Å². The Kier molecular flexibility index (Phi) is 4.60. The number of amides is 1. The molecule has 0 radical (unpaired) electrons. The molecule has 2 N–H and O–H groups in total. The van der Waals surface area contributed by atoms with Crippen LogP contribution in [0.15, 0.2) is 24.3 Å². The molecule has 1 aromatic carbocycles. The summed E-state index contributed by atoms with van der Waals surface area (Å²) in [6.45, 7) is 0.198. The molecule has 0 saturated heterocycles. The van der Waals surface area contributed by atoms with Gasteiger partial charge >= 0.3 is 6.09 Å². The van der Waals surface area contributed by atoms with Crippen LogP contribution in [0.4, 0.5) is 4.79 Å². The number of benzene rings is 1. The van der Waals surface area contributed by atoms with Gasteiger partial charge in [-0.2, -0.15) is 0 Å². The molecule has 1 aromatic rings. The van der Waals surface area contributed by atoms with Crippen molar-refractivity contribution in [3.05, 3.63) is 29.8 Å². The van der Waals surface area contributed by atoms with Crippen molar-refractivity contribution >= 4 is 6.09 Å². The molecule has 88 valence electrons. The van der Waals surface area contributed by atoms with Gasteiger partial charge in [0.15, 0.2) is 0 Å². The van der Waals surface area contributed by atoms with Gasteiger partial charge in [-0.3, -0.25) is 0 Å². The second-order valence-electron chi connectivity index (χ2n) is 3.28. The Morgan fingerprint density at radius 1 is 1.38 bits per heavy atom. The third kappa shape index (κ3) is 3.43. The van der Waals surface area contributed by atoms with Gasteiger partial charge in [0.05, 0.1) is 13.7 Å². The van der Waals surface area contributed by atoms with E-state index in [2.05, 4.69) is 0 Å². The number of rotatable bonds is 5. The van der Waals surface area contributed by atoms with Crippen molar-refractivity contribution in [2.24, 2.45) is 0 Å². The highest BCUT2D eigenvalue weighted by molar-refractivity contribution is 5.65. The monoisotopic (exact) mass is 225 g/mol. The Morgan fingerprint density at radius 3 is 2.44 bits per heavy atom. The highest BCUT2D eigenvalue weighted by Gasteiger charge is 2.11. The maximum Gasteiger partial charge on any atom is 0.407 e. The third-order valence-electron chi connectivity index (χ3n) is 2.17. The fourth-order valence-electron chi connectivity index (χ4n) is 1.31. The zero-order valence-corrected chi connectivity index (χ0v) is 9.09. The molecule has 0 atom stereocenters. The predicted octanol–water partition coefficient (Wildman–Crippen LogP) is 1.17. The standard InChI is InChI=1S/C11H15NO4/c1-16-10-4-2-9(3-5-10)8-12(6-7-13)11(14)15/h2-5,13H,6-8H2,1H3,(H,14,15). The van der Waals surface area contributed by atoms with Gasteiger partial charge in [-0.05, 0) is 17.7 Å². The molecule has 0 fully saturated rings. The molecule has 0 spiro atoms. The van der Waals surface area contributed by atoms with E-state index in [0.29, 0.717) is 0 Å². The van der Waals surface area contributed by atoms with E-state index in [1.54, 1.807) is 31.4 Å². The zero-order valence-electron chi connectivity index (χ0n) is 9.09. The van der Waals surface area contributed by atoms with E-state index in [9.17, 15) is 4.79 Å². The number of nitrogens with zero attached hydrogens (tertiary/aromatic N) is 1. The van der Waals surface area contributed by atoms with E-state index >= 15 is 0 Å². The molecule has 5 heteroatoms. The van der Waals surface area contributed by atoms with Gasteiger partial charge in [-0.25, -0.2) is 4.79 Å². The largest absolute Gasteiger partial charge is 0.497 e. The van der Waals surface area contributed by atoms with Gasteiger partial charge < -0.3 is 19.8 Å². The van der Waals surface area contributed by atoms with Gasteiger partial charge in [0.1, 0.15) is 5.75 Å². The first-order valence-electron chi connectivity index (χ1n) is 4.89. The van der Waals surface area contributed by atoms with Crippen molar-refractivity contribution in [1.29, 1.82) is 0 Å². The first kappa shape index (κ1) is 12.3. The first-order valence-corrected chi connectivity index (χ1v) is 4.89. The average molecular weight is 225 g/mol. The minimum absolute atomic E-state index is 0.112. The Labute approximate surface area is 93.9 Å². The number of hydrogen-bond donors (Lipinski definition) is 2. The summed E-state index contributed by atoms with van der Waals surface area (Å²) in [5, 5.41) is 17.6. The van der Waals surface area contributed by atoms with Crippen molar-refractivity contribution in [1.82, 2.24) is 4.90 Å². The highest BCUT2D eigenvalue weighted by Crippen LogP contribution is 2.12. The predicted molar refractivity (Wildman–Crippen MR) is 58.5 cm³/mol. The van der Waals surface area contributed by atoms with Crippen LogP contribution >= 0.6 is 0 Å². The van der Waals surface area contributed by atoms with Crippen LogP contribution < -0.4 is 4.74 Å². The van der Waals surface area contributed by atoms with Crippen molar-refractivity contribution in [3.8, 4) is 5.75 Å². The smallest absolute Gasteiger partial charge is 0.407 e. The molecule has 1 rings (SSSR count). The van der Waals surface area contributed by atoms with Crippen LogP contribution in [0.3, 0.4) is 0 Å². The molecule has 0 heterocycles. The maximum atomic E-state index is 10.8. The molecule has 16 heavy (non-hydrogen) atoms. The number of ether oxygens (including phenoxy) is 1. The Bertz CT molecular complexity index is 336. The summed E-state index contributed by atoms with van der Waals surface area (Å²) in [5.41, 5.74) is 0.858. The van der Waals surface area contributed by atoms with E-state index in [1.165, 1.54) is 0 Å². The summed E-state index contributed by atoms with van der Waals surface area (Å²) < 4.78 is 5.00. The topological polar surface area (TPSA) is 70.0 Å². The summed E-state index contributed by atoms with van der Waals surface area (Å²) >= 11 is 0. The molecular weight excluding hydrogens is 210 g/mol. The van der Waals surface area contributed by atoms with E-state index in [0.717, 1.165) is 16.2 Å². The third-order valence-corrected chi connectivity index (χ3v) is 2.17. The second kappa shape index (κ2) is 5.97. The summed E-state index contributed by atoms with van der Waals surface area (Å²) in [7, 11) is 1.57. The SMILES string of the molecule is COc1ccc(CN(CCO)C(=O)O)cc1. The quantitative estimate of drug-likeness (QED) is 0.789. The lowest BCUT2D eigenvalue weighted by molar-refractivity contribution is 0.129. The number of aliphatic hydroxyl groups is 1. The van der Waals surface area contributed by atoms with Crippen LogP contribution in [0.5, 0.6) is 5.75 Å². The van der Waals surface area contributed by atoms with Gasteiger partial charge in [-0.15, -0.1) is 0 Å². The summed E-state index contributed by atoms with van der Waals surface area (Å²) in [4.78, 5) is 12.0. The van der Waals surface area contributed by atoms with E-state index in [-0.39, 0.29) is 19.7 Å². The van der Waals surface area contributed by atoms with Crippen LogP contribution in [0.25, 0.3) is 0 Å². The molecule has 0 aromatic heterocycles. The molecule has 0 aliphatic carbocycles. The fraction of sp³-hybridized carbons (Fsp3) is 0.364. The molecule has 0 unspecified atom stereocenters. The lowest BCUT2D eigenvalue weighted by Gasteiger charge is -2.17. The van der Waals surface area contributed by atoms with E-state index in [4.69, 9.17) is 14.9 Å². The molecule has 0 aliphatic heterocycles. The Balaban J connectivity index is 2.65. The summed E-state index contributed by atoms with van der Waals surface area (Å²) in [5.74, 6) is 0.729. The Hall–Kier alpha value is -1.75. The van der Waals surface area contributed by atoms with Crippen molar-refractivity contribution < 1.29 is 19.7 Å². The average Bonchev–Trinajstić information content (AvgIpc) is 2.29. The lowest BCUT2D eigenvalue weighted by atomic mass is 10.2. The minimum Gasteiger partial charge on any atom is -0.497 e. The number of methoxy groups -OCH3 is 1. The number of aliphatic hydroxyl groups excluding tert-OH is 1. The van der Waals surface area contributed by atoms with Crippen LogP contribution in [0.2, 0.25) is 0 Å². The summed E-state index contributed by atoms with van der Waals surface area (Å²) in [6.07, 6.45) is -1.04. The van der Waals surface area contributed by atoms with Crippen LogP contribution in [0.1, 0.15) is 5.56 Å². The molecule has 5 nitrogen and oxygen atoms in total. The molecular formula is C11H15NO4. The van der Waals surface area contributed by atoms with Crippen molar-refractivity contribution in [2.45, 2.75) is 6.54 Å². The first-order chi connectivity index (χ1) is 7.67. The Morgan fingerprint density at radius 2 is 2.00 bits per heavy atom. The number of hydrogen-bond acceptors (Lipinski definition) is 3. The zero-order chi connectivity index (χ0) is 12.0. The van der Waals surface area contributed by atoms with Crippen LogP contribution in [-0.4, -0.2) is 41.5 Å². The van der Waals surface area contributed by atoms with Gasteiger partial charge in [0.25, 0.3) is 0 Å². The lowest BCUT2D eigenvalue weighted by Crippen LogP contribution is -2.31. The highest BCUT2D eigenvalue weighted by atomic mass is 16.5. The second-order valence-corrected chi connectivity index (χ2v) is 3.28. The van der Waals surface area contributed by atoms with Crippen LogP contribution in [-0.2, 0) is 6.54 Å². The summed E-state index contributed by atoms with van der Waals surface area (Å²) in [6, 6.07) is 7.14. The maximum absolute atomic E-state index is 10.8. The van der Waals surface area contributed by atoms with Crippen molar-refractivity contribution in [2.75, 3.05) is 20.3 Å². The van der Waals surface area contributed by atoms with E-state index in [1.807, 2.05) is 0 Å². The number of carbonyl (C=O) groups is 1. The molecule has 1 amide bonds. The number of carboxylic acid groups (broad SMARTS) is 1. The normalized spacial score (nSPS) is 9.88. The van der Waals surface area contributed by atoms with Gasteiger partial charge in [0, 0.05) is 13.1 Å². The van der Waals surface area contributed by atoms with Gasteiger partial charge in [0.2, 0.25) is 0 Å². The molecule has 0 aliphatic rings. The van der Waals surface area contributed by atoms with Crippen LogP contribution in [0, 0.1) is 0 Å². The molecule has 0 bridgehead atoms. The minimum atomic E-state index is -1.04. The molecule has 0 saturated carbocycles. The van der Waals surface area contributed by atoms with Crippen molar-refractivity contribution in [3.63, 3.8) is 0 Å². The van der Waals surface area contributed by atoms with E-state index < -0.39 is 6.09 Å². The fourth-order valence-corrected chi connectivity index (χ4v) is 1.31.